The molecule has 3 aromatic rings. The maximum absolute atomic E-state index is 13.3. The maximum atomic E-state index is 13.3. The van der Waals surface area contributed by atoms with Gasteiger partial charge in [0, 0.05) is 19.6 Å². The Morgan fingerprint density at radius 3 is 2.52 bits per heavy atom. The monoisotopic (exact) mass is 418 g/mol. The molecule has 1 atom stereocenters. The van der Waals surface area contributed by atoms with E-state index < -0.39 is 0 Å². The lowest BCUT2D eigenvalue weighted by Crippen LogP contribution is -2.49. The van der Waals surface area contributed by atoms with Crippen LogP contribution in [-0.2, 0) is 22.6 Å². The highest BCUT2D eigenvalue weighted by Gasteiger charge is 2.33. The van der Waals surface area contributed by atoms with Crippen molar-refractivity contribution in [1.82, 2.24) is 19.4 Å². The number of fused-ring (bicyclic) bond motifs is 2. The number of aromatic nitrogens is 2. The summed E-state index contributed by atoms with van der Waals surface area (Å²) >= 11 is 0. The van der Waals surface area contributed by atoms with Crippen LogP contribution in [0.5, 0.6) is 0 Å². The van der Waals surface area contributed by atoms with Crippen LogP contribution < -0.4 is 5.56 Å². The van der Waals surface area contributed by atoms with Crippen molar-refractivity contribution in [2.75, 3.05) is 32.8 Å². The number of nitrogens with zero attached hydrogens (tertiary/aromatic N) is 4. The van der Waals surface area contributed by atoms with Gasteiger partial charge in [0.25, 0.3) is 5.56 Å². The number of rotatable bonds is 4. The number of benzene rings is 2. The van der Waals surface area contributed by atoms with Gasteiger partial charge >= 0.3 is 0 Å². The van der Waals surface area contributed by atoms with E-state index in [4.69, 9.17) is 9.72 Å². The van der Waals surface area contributed by atoms with Crippen LogP contribution in [0.4, 0.5) is 0 Å². The van der Waals surface area contributed by atoms with Crippen LogP contribution in [0.25, 0.3) is 10.9 Å². The van der Waals surface area contributed by atoms with Gasteiger partial charge < -0.3 is 9.64 Å². The number of aryl methyl sites for hydroxylation is 1. The van der Waals surface area contributed by atoms with Crippen molar-refractivity contribution in [2.24, 2.45) is 0 Å². The number of ether oxygens (including phenoxy) is 1. The van der Waals surface area contributed by atoms with Crippen molar-refractivity contribution < 1.29 is 9.53 Å². The first kappa shape index (κ1) is 19.9. The summed E-state index contributed by atoms with van der Waals surface area (Å²) in [4.78, 5) is 35.2. The van der Waals surface area contributed by atoms with Crippen LogP contribution >= 0.6 is 0 Å². The van der Waals surface area contributed by atoms with E-state index in [1.807, 2.05) is 23.1 Å². The van der Waals surface area contributed by atoms with E-state index in [1.165, 1.54) is 10.1 Å². The molecule has 160 valence electrons. The predicted octanol–water partition coefficient (Wildman–Crippen LogP) is 2.12. The van der Waals surface area contributed by atoms with Gasteiger partial charge in [-0.15, -0.1) is 0 Å². The van der Waals surface area contributed by atoms with Crippen molar-refractivity contribution in [3.05, 3.63) is 75.8 Å². The number of hydrogen-bond donors (Lipinski definition) is 0. The first-order valence-corrected chi connectivity index (χ1v) is 10.7. The normalized spacial score (nSPS) is 18.2. The molecule has 1 saturated heterocycles. The molecule has 5 rings (SSSR count). The second-order valence-corrected chi connectivity index (χ2v) is 8.30. The first-order valence-electron chi connectivity index (χ1n) is 10.7. The highest BCUT2D eigenvalue weighted by Crippen LogP contribution is 2.27. The maximum Gasteiger partial charge on any atom is 0.261 e. The average Bonchev–Trinajstić information content (AvgIpc) is 2.79. The second-order valence-electron chi connectivity index (χ2n) is 8.30. The Labute approximate surface area is 180 Å². The lowest BCUT2D eigenvalue weighted by Gasteiger charge is -2.39. The van der Waals surface area contributed by atoms with Gasteiger partial charge in [-0.1, -0.05) is 42.0 Å². The zero-order valence-electron chi connectivity index (χ0n) is 17.7. The van der Waals surface area contributed by atoms with Gasteiger partial charge in [-0.3, -0.25) is 19.1 Å². The molecular weight excluding hydrogens is 392 g/mol. The summed E-state index contributed by atoms with van der Waals surface area (Å²) in [6.07, 6.45) is 0. The molecule has 7 heteroatoms. The van der Waals surface area contributed by atoms with Crippen LogP contribution in [0, 0.1) is 6.92 Å². The molecule has 0 spiro atoms. The summed E-state index contributed by atoms with van der Waals surface area (Å²) in [6.45, 7) is 6.26. The Kier molecular flexibility index (Phi) is 5.29. The number of hydrogen-bond acceptors (Lipinski definition) is 5. The molecule has 0 bridgehead atoms. The fourth-order valence-electron chi connectivity index (χ4n) is 4.45. The van der Waals surface area contributed by atoms with E-state index in [9.17, 15) is 9.59 Å². The van der Waals surface area contributed by atoms with Crippen LogP contribution in [0.2, 0.25) is 0 Å². The molecule has 0 radical (unpaired) electrons. The van der Waals surface area contributed by atoms with Crippen LogP contribution in [-0.4, -0.2) is 58.1 Å². The largest absolute Gasteiger partial charge is 0.379 e. The second kappa shape index (κ2) is 8.24. The van der Waals surface area contributed by atoms with Crippen LogP contribution in [0.3, 0.4) is 0 Å². The number of morpholine rings is 1. The van der Waals surface area contributed by atoms with Crippen molar-refractivity contribution in [2.45, 2.75) is 26.1 Å². The number of carbonyl (C=O) groups is 1. The Hall–Kier alpha value is -3.03. The predicted molar refractivity (Wildman–Crippen MR) is 118 cm³/mol. The molecule has 1 aromatic heterocycles. The van der Waals surface area contributed by atoms with E-state index in [1.54, 1.807) is 6.07 Å². The third-order valence-corrected chi connectivity index (χ3v) is 6.24. The summed E-state index contributed by atoms with van der Waals surface area (Å²) in [7, 11) is 0. The van der Waals surface area contributed by atoms with Crippen molar-refractivity contribution in [3.8, 4) is 0 Å². The summed E-state index contributed by atoms with van der Waals surface area (Å²) in [5.74, 6) is 0.591. The fraction of sp³-hybridized carbons (Fsp3) is 0.375. The molecular formula is C24H26N4O3. The lowest BCUT2D eigenvalue weighted by atomic mass is 10.0. The summed E-state index contributed by atoms with van der Waals surface area (Å²) < 4.78 is 7.03. The Morgan fingerprint density at radius 1 is 1.00 bits per heavy atom. The zero-order chi connectivity index (χ0) is 21.4. The SMILES string of the molecule is Cc1ccc(C(CN2CCOCC2)N2Cc3nc4ccccc4c(=O)n3CC2=O)cc1. The minimum absolute atomic E-state index is 0.0253. The molecule has 3 heterocycles. The molecule has 2 aliphatic heterocycles. The Morgan fingerprint density at radius 2 is 1.74 bits per heavy atom. The Balaban J connectivity index is 1.52. The fourth-order valence-corrected chi connectivity index (χ4v) is 4.45. The highest BCUT2D eigenvalue weighted by atomic mass is 16.5. The molecule has 0 N–H and O–H groups in total. The van der Waals surface area contributed by atoms with E-state index in [0.717, 1.165) is 25.2 Å². The molecule has 1 fully saturated rings. The quantitative estimate of drug-likeness (QED) is 0.649. The third kappa shape index (κ3) is 3.86. The van der Waals surface area contributed by atoms with Gasteiger partial charge in [-0.2, -0.15) is 0 Å². The van der Waals surface area contributed by atoms with Gasteiger partial charge in [0.2, 0.25) is 5.91 Å². The minimum atomic E-state index is -0.145. The average molecular weight is 418 g/mol. The molecule has 2 aromatic carbocycles. The molecule has 1 unspecified atom stereocenters. The van der Waals surface area contributed by atoms with Gasteiger partial charge in [0.05, 0.1) is 36.7 Å². The molecule has 0 saturated carbocycles. The summed E-state index contributed by atoms with van der Waals surface area (Å²) in [5.41, 5.74) is 2.81. The standard InChI is InChI=1S/C24H26N4O3/c1-17-6-8-18(9-7-17)21(14-26-10-12-31-13-11-26)27-15-22-25-20-5-3-2-4-19(20)24(30)28(22)16-23(27)29/h2-9,21H,10-16H2,1H3. The van der Waals surface area contributed by atoms with E-state index >= 15 is 0 Å². The topological polar surface area (TPSA) is 67.7 Å². The Bertz CT molecular complexity index is 1170. The van der Waals surface area contributed by atoms with E-state index in [0.29, 0.717) is 36.5 Å². The van der Waals surface area contributed by atoms with Crippen molar-refractivity contribution >= 4 is 16.8 Å². The molecule has 7 nitrogen and oxygen atoms in total. The summed E-state index contributed by atoms with van der Waals surface area (Å²) in [5, 5.41) is 0.552. The molecule has 0 aliphatic carbocycles. The van der Waals surface area contributed by atoms with Gasteiger partial charge in [-0.05, 0) is 24.6 Å². The van der Waals surface area contributed by atoms with Gasteiger partial charge in [0.1, 0.15) is 12.4 Å². The van der Waals surface area contributed by atoms with Crippen LogP contribution in [0.15, 0.2) is 53.3 Å². The van der Waals surface area contributed by atoms with Gasteiger partial charge in [-0.25, -0.2) is 4.98 Å². The third-order valence-electron chi connectivity index (χ3n) is 6.24. The zero-order valence-corrected chi connectivity index (χ0v) is 17.7. The first-order chi connectivity index (χ1) is 15.1. The number of carbonyl (C=O) groups excluding carboxylic acids is 1. The van der Waals surface area contributed by atoms with E-state index in [2.05, 4.69) is 36.1 Å². The van der Waals surface area contributed by atoms with E-state index in [-0.39, 0.29) is 24.1 Å². The highest BCUT2D eigenvalue weighted by molar-refractivity contribution is 5.80. The molecule has 2 aliphatic rings. The van der Waals surface area contributed by atoms with Crippen molar-refractivity contribution in [1.29, 1.82) is 0 Å². The molecule has 31 heavy (non-hydrogen) atoms. The minimum Gasteiger partial charge on any atom is -0.379 e. The van der Waals surface area contributed by atoms with Gasteiger partial charge in [0.15, 0.2) is 0 Å². The number of amides is 1. The van der Waals surface area contributed by atoms with Crippen LogP contribution in [0.1, 0.15) is 23.0 Å². The lowest BCUT2D eigenvalue weighted by molar-refractivity contribution is -0.138. The molecule has 1 amide bonds. The number of para-hydroxylation sites is 1. The summed E-state index contributed by atoms with van der Waals surface area (Å²) in [6, 6.07) is 15.6. The smallest absolute Gasteiger partial charge is 0.261 e. The van der Waals surface area contributed by atoms with Crippen molar-refractivity contribution in [3.63, 3.8) is 0 Å².